The Kier molecular flexibility index (Phi) is 4.04. The summed E-state index contributed by atoms with van der Waals surface area (Å²) in [6.45, 7) is 3.28. The predicted molar refractivity (Wildman–Crippen MR) is 62.8 cm³/mol. The van der Waals surface area contributed by atoms with Crippen molar-refractivity contribution >= 4 is 0 Å². The van der Waals surface area contributed by atoms with Crippen molar-refractivity contribution in [2.75, 3.05) is 6.54 Å². The van der Waals surface area contributed by atoms with Crippen molar-refractivity contribution in [1.82, 2.24) is 5.32 Å². The van der Waals surface area contributed by atoms with Crippen LogP contribution in [0.5, 0.6) is 0 Å². The number of hydrogen-bond acceptors (Lipinski definition) is 2. The van der Waals surface area contributed by atoms with Gasteiger partial charge in [-0.25, -0.2) is 0 Å². The Balaban J connectivity index is 1.91. The highest BCUT2D eigenvalue weighted by Gasteiger charge is 2.35. The zero-order chi connectivity index (χ0) is 10.7. The van der Waals surface area contributed by atoms with E-state index in [0.29, 0.717) is 6.04 Å². The molecule has 1 saturated heterocycles. The van der Waals surface area contributed by atoms with Crippen molar-refractivity contribution in [3.05, 3.63) is 0 Å². The van der Waals surface area contributed by atoms with Crippen LogP contribution in [0.1, 0.15) is 51.9 Å². The van der Waals surface area contributed by atoms with E-state index in [0.717, 1.165) is 24.7 Å². The second-order valence-corrected chi connectivity index (χ2v) is 5.37. The first kappa shape index (κ1) is 11.4. The van der Waals surface area contributed by atoms with E-state index >= 15 is 0 Å². The largest absolute Gasteiger partial charge is 0.393 e. The summed E-state index contributed by atoms with van der Waals surface area (Å²) in [7, 11) is 0. The van der Waals surface area contributed by atoms with Crippen molar-refractivity contribution in [3.63, 3.8) is 0 Å². The number of nitrogens with one attached hydrogen (secondary N) is 1. The Hall–Kier alpha value is -0.0800. The number of aliphatic hydroxyl groups is 1. The van der Waals surface area contributed by atoms with Crippen molar-refractivity contribution in [2.45, 2.75) is 64.0 Å². The zero-order valence-electron chi connectivity index (χ0n) is 9.91. The number of rotatable bonds is 3. The minimum absolute atomic E-state index is 0.0718. The van der Waals surface area contributed by atoms with Crippen molar-refractivity contribution < 1.29 is 5.11 Å². The normalized spacial score (nSPS) is 38.4. The smallest absolute Gasteiger partial charge is 0.0540 e. The highest BCUT2D eigenvalue weighted by molar-refractivity contribution is 4.91. The quantitative estimate of drug-likeness (QED) is 0.751. The van der Waals surface area contributed by atoms with Crippen LogP contribution < -0.4 is 5.32 Å². The Morgan fingerprint density at radius 1 is 1.27 bits per heavy atom. The Bertz CT molecular complexity index is 193. The van der Waals surface area contributed by atoms with Gasteiger partial charge in [-0.1, -0.05) is 13.3 Å². The Morgan fingerprint density at radius 3 is 2.87 bits per heavy atom. The number of fused-ring (bicyclic) bond motifs is 1. The van der Waals surface area contributed by atoms with Crippen LogP contribution in [0.2, 0.25) is 0 Å². The molecule has 88 valence electrons. The molecule has 0 aromatic carbocycles. The van der Waals surface area contributed by atoms with E-state index in [9.17, 15) is 5.11 Å². The molecule has 0 amide bonds. The fourth-order valence-electron chi connectivity index (χ4n) is 3.46. The molecule has 4 atom stereocenters. The minimum Gasteiger partial charge on any atom is -0.393 e. The molecule has 2 heteroatoms. The summed E-state index contributed by atoms with van der Waals surface area (Å²) in [4.78, 5) is 0. The van der Waals surface area contributed by atoms with Gasteiger partial charge in [0.05, 0.1) is 6.10 Å². The number of piperidine rings is 1. The molecule has 2 N–H and O–H groups in total. The summed E-state index contributed by atoms with van der Waals surface area (Å²) in [5, 5.41) is 13.5. The minimum atomic E-state index is -0.0718. The molecule has 1 heterocycles. The van der Waals surface area contributed by atoms with Crippen LogP contribution in [0.25, 0.3) is 0 Å². The van der Waals surface area contributed by atoms with Gasteiger partial charge >= 0.3 is 0 Å². The fraction of sp³-hybridized carbons (Fsp3) is 1.00. The molecular formula is C13H25NO. The number of hydrogen-bond donors (Lipinski definition) is 2. The molecule has 0 radical (unpaired) electrons. The van der Waals surface area contributed by atoms with Gasteiger partial charge in [0.2, 0.25) is 0 Å². The zero-order valence-corrected chi connectivity index (χ0v) is 9.91. The highest BCUT2D eigenvalue weighted by atomic mass is 16.3. The van der Waals surface area contributed by atoms with E-state index in [4.69, 9.17) is 0 Å². The maximum atomic E-state index is 9.77. The van der Waals surface area contributed by atoms with Crippen LogP contribution in [0.4, 0.5) is 0 Å². The summed E-state index contributed by atoms with van der Waals surface area (Å²) in [6.07, 6.45) is 8.74. The van der Waals surface area contributed by atoms with E-state index in [1.54, 1.807) is 0 Å². The van der Waals surface area contributed by atoms with Gasteiger partial charge in [0.15, 0.2) is 0 Å². The molecule has 1 aliphatic heterocycles. The summed E-state index contributed by atoms with van der Waals surface area (Å²) in [5.74, 6) is 1.64. The monoisotopic (exact) mass is 211 g/mol. The molecule has 2 aliphatic rings. The van der Waals surface area contributed by atoms with Gasteiger partial charge in [0.1, 0.15) is 0 Å². The van der Waals surface area contributed by atoms with E-state index in [2.05, 4.69) is 12.2 Å². The number of aliphatic hydroxyl groups excluding tert-OH is 1. The van der Waals surface area contributed by atoms with E-state index in [1.165, 1.54) is 38.6 Å². The molecular weight excluding hydrogens is 186 g/mol. The Labute approximate surface area is 93.5 Å². The summed E-state index contributed by atoms with van der Waals surface area (Å²) >= 11 is 0. The van der Waals surface area contributed by atoms with Gasteiger partial charge in [-0.05, 0) is 56.9 Å². The van der Waals surface area contributed by atoms with Crippen LogP contribution >= 0.6 is 0 Å². The van der Waals surface area contributed by atoms with Gasteiger partial charge in [-0.15, -0.1) is 0 Å². The lowest BCUT2D eigenvalue weighted by Gasteiger charge is -2.42. The van der Waals surface area contributed by atoms with Crippen LogP contribution in [-0.2, 0) is 0 Å². The van der Waals surface area contributed by atoms with Gasteiger partial charge < -0.3 is 10.4 Å². The molecule has 2 fully saturated rings. The lowest BCUT2D eigenvalue weighted by atomic mass is 9.71. The first-order chi connectivity index (χ1) is 7.31. The average molecular weight is 211 g/mol. The van der Waals surface area contributed by atoms with Crippen LogP contribution in [0, 0.1) is 11.8 Å². The van der Waals surface area contributed by atoms with Gasteiger partial charge in [0, 0.05) is 6.04 Å². The third-order valence-electron chi connectivity index (χ3n) is 4.34. The average Bonchev–Trinajstić information content (AvgIpc) is 2.29. The molecule has 15 heavy (non-hydrogen) atoms. The second kappa shape index (κ2) is 5.31. The first-order valence-corrected chi connectivity index (χ1v) is 6.72. The molecule has 0 unspecified atom stereocenters. The third-order valence-corrected chi connectivity index (χ3v) is 4.34. The van der Waals surface area contributed by atoms with Crippen molar-refractivity contribution in [1.29, 1.82) is 0 Å². The summed E-state index contributed by atoms with van der Waals surface area (Å²) in [5.41, 5.74) is 0. The van der Waals surface area contributed by atoms with Gasteiger partial charge in [0.25, 0.3) is 0 Å². The second-order valence-electron chi connectivity index (χ2n) is 5.37. The van der Waals surface area contributed by atoms with Crippen LogP contribution in [0.15, 0.2) is 0 Å². The van der Waals surface area contributed by atoms with Crippen molar-refractivity contribution in [3.8, 4) is 0 Å². The lowest BCUT2D eigenvalue weighted by Crippen LogP contribution is -2.49. The molecule has 0 aromatic heterocycles. The SMILES string of the molecule is CC[C@@H](O)C[C@H]1CCC[C@H]2CCCN[C@H]21. The van der Waals surface area contributed by atoms with E-state index in [-0.39, 0.29) is 6.10 Å². The molecule has 0 bridgehead atoms. The molecule has 1 saturated carbocycles. The summed E-state index contributed by atoms with van der Waals surface area (Å²) in [6, 6.07) is 0.716. The lowest BCUT2D eigenvalue weighted by molar-refractivity contribution is 0.0797. The van der Waals surface area contributed by atoms with Crippen LogP contribution in [0.3, 0.4) is 0 Å². The maximum Gasteiger partial charge on any atom is 0.0540 e. The Morgan fingerprint density at radius 2 is 2.07 bits per heavy atom. The third kappa shape index (κ3) is 2.73. The topological polar surface area (TPSA) is 32.3 Å². The standard InChI is InChI=1S/C13H25NO/c1-2-12(15)9-11-6-3-5-10-7-4-8-14-13(10)11/h10-15H,2-9H2,1H3/t10-,11+,12+,13+/m0/s1. The first-order valence-electron chi connectivity index (χ1n) is 6.72. The van der Waals surface area contributed by atoms with Crippen LogP contribution in [-0.4, -0.2) is 23.8 Å². The molecule has 2 nitrogen and oxygen atoms in total. The fourth-order valence-corrected chi connectivity index (χ4v) is 3.46. The predicted octanol–water partition coefficient (Wildman–Crippen LogP) is 2.32. The van der Waals surface area contributed by atoms with Crippen molar-refractivity contribution in [2.24, 2.45) is 11.8 Å². The maximum absolute atomic E-state index is 9.77. The summed E-state index contributed by atoms with van der Waals surface area (Å²) < 4.78 is 0. The molecule has 0 spiro atoms. The van der Waals surface area contributed by atoms with E-state index in [1.807, 2.05) is 0 Å². The molecule has 2 rings (SSSR count). The molecule has 1 aliphatic carbocycles. The highest BCUT2D eigenvalue weighted by Crippen LogP contribution is 2.36. The van der Waals surface area contributed by atoms with Gasteiger partial charge in [-0.3, -0.25) is 0 Å². The molecule has 0 aromatic rings. The van der Waals surface area contributed by atoms with E-state index < -0.39 is 0 Å². The van der Waals surface area contributed by atoms with Gasteiger partial charge in [-0.2, -0.15) is 0 Å².